The van der Waals surface area contributed by atoms with Crippen molar-refractivity contribution in [2.45, 2.75) is 33.1 Å². The number of H-pyrrole nitrogens is 1. The lowest BCUT2D eigenvalue weighted by atomic mass is 9.48. The van der Waals surface area contributed by atoms with Crippen LogP contribution in [-0.4, -0.2) is 45.6 Å². The van der Waals surface area contributed by atoms with Crippen molar-refractivity contribution >= 4 is 16.9 Å². The summed E-state index contributed by atoms with van der Waals surface area (Å²) in [7, 11) is 0. The Bertz CT molecular complexity index is 749. The number of aromatic nitrogens is 2. The maximum absolute atomic E-state index is 12.6. The molecule has 2 N–H and O–H groups in total. The number of nitrogens with zero attached hydrogens (tertiary/aromatic N) is 2. The number of aliphatic hydroxyl groups is 1. The monoisotopic (exact) mass is 327 g/mol. The van der Waals surface area contributed by atoms with Gasteiger partial charge in [0.25, 0.3) is 0 Å². The fourth-order valence-corrected chi connectivity index (χ4v) is 5.04. The van der Waals surface area contributed by atoms with E-state index in [1.54, 1.807) is 0 Å². The van der Waals surface area contributed by atoms with Gasteiger partial charge in [0.05, 0.1) is 17.6 Å². The molecule has 0 spiro atoms. The van der Waals surface area contributed by atoms with Crippen LogP contribution in [0.1, 0.15) is 32.5 Å². The molecule has 5 heteroatoms. The number of hydrogen-bond donors (Lipinski definition) is 2. The Morgan fingerprint density at radius 2 is 2.21 bits per heavy atom. The van der Waals surface area contributed by atoms with Crippen LogP contribution in [0.15, 0.2) is 24.3 Å². The van der Waals surface area contributed by atoms with Gasteiger partial charge in [-0.15, -0.1) is 0 Å². The Kier molecular flexibility index (Phi) is 3.46. The Morgan fingerprint density at radius 1 is 1.42 bits per heavy atom. The lowest BCUT2D eigenvalue weighted by Gasteiger charge is -2.55. The van der Waals surface area contributed by atoms with Crippen LogP contribution < -0.4 is 0 Å². The molecule has 2 aliphatic rings. The quantitative estimate of drug-likeness (QED) is 0.906. The predicted octanol–water partition coefficient (Wildman–Crippen LogP) is 2.36. The maximum Gasteiger partial charge on any atom is 0.223 e. The van der Waals surface area contributed by atoms with E-state index in [0.717, 1.165) is 29.8 Å². The van der Waals surface area contributed by atoms with E-state index in [1.165, 1.54) is 0 Å². The minimum Gasteiger partial charge on any atom is -0.396 e. The second-order valence-corrected chi connectivity index (χ2v) is 8.21. The van der Waals surface area contributed by atoms with Crippen LogP contribution in [0.3, 0.4) is 0 Å². The van der Waals surface area contributed by atoms with Gasteiger partial charge in [-0.1, -0.05) is 26.0 Å². The number of fused-ring (bicyclic) bond motifs is 2. The second kappa shape index (κ2) is 5.31. The molecule has 0 unspecified atom stereocenters. The molecule has 2 heterocycles. The van der Waals surface area contributed by atoms with Gasteiger partial charge in [0.15, 0.2) is 0 Å². The Morgan fingerprint density at radius 3 is 2.88 bits per heavy atom. The highest BCUT2D eigenvalue weighted by atomic mass is 16.3. The molecule has 128 valence electrons. The summed E-state index contributed by atoms with van der Waals surface area (Å²) >= 11 is 0. The van der Waals surface area contributed by atoms with E-state index < -0.39 is 0 Å². The van der Waals surface area contributed by atoms with Crippen molar-refractivity contribution in [2.75, 3.05) is 19.7 Å². The lowest BCUT2D eigenvalue weighted by Crippen LogP contribution is -2.54. The van der Waals surface area contributed by atoms with Crippen molar-refractivity contribution in [3.63, 3.8) is 0 Å². The van der Waals surface area contributed by atoms with Crippen molar-refractivity contribution in [3.8, 4) is 0 Å². The van der Waals surface area contributed by atoms with Crippen molar-refractivity contribution in [1.29, 1.82) is 0 Å². The third kappa shape index (κ3) is 2.34. The SMILES string of the molecule is CC1(C)C[C@]2(CO)CN(C(=O)CCc3nc4ccccc4[nH]3)C[C@H]12. The average molecular weight is 327 g/mol. The summed E-state index contributed by atoms with van der Waals surface area (Å²) in [5.74, 6) is 1.46. The summed E-state index contributed by atoms with van der Waals surface area (Å²) in [6.45, 7) is 6.17. The number of hydrogen-bond acceptors (Lipinski definition) is 3. The van der Waals surface area contributed by atoms with Crippen LogP contribution in [0, 0.1) is 16.7 Å². The van der Waals surface area contributed by atoms with Crippen molar-refractivity contribution < 1.29 is 9.90 Å². The summed E-state index contributed by atoms with van der Waals surface area (Å²) in [6, 6.07) is 7.92. The normalized spacial score (nSPS) is 28.0. The van der Waals surface area contributed by atoms with Crippen LogP contribution in [0.5, 0.6) is 0 Å². The number of aryl methyl sites for hydroxylation is 1. The van der Waals surface area contributed by atoms with E-state index in [4.69, 9.17) is 0 Å². The van der Waals surface area contributed by atoms with Crippen LogP contribution in [0.25, 0.3) is 11.0 Å². The number of para-hydroxylation sites is 2. The number of imidazole rings is 1. The van der Waals surface area contributed by atoms with Gasteiger partial charge in [0, 0.05) is 31.3 Å². The molecule has 4 rings (SSSR count). The Hall–Kier alpha value is -1.88. The van der Waals surface area contributed by atoms with E-state index in [1.807, 2.05) is 29.2 Å². The summed E-state index contributed by atoms with van der Waals surface area (Å²) in [6.07, 6.45) is 2.10. The fourth-order valence-electron chi connectivity index (χ4n) is 5.04. The first-order valence-corrected chi connectivity index (χ1v) is 8.76. The molecule has 0 radical (unpaired) electrons. The molecule has 1 aliphatic heterocycles. The van der Waals surface area contributed by atoms with Gasteiger partial charge in [-0.3, -0.25) is 4.79 Å². The lowest BCUT2D eigenvalue weighted by molar-refractivity contribution is -0.130. The number of aromatic amines is 1. The molecule has 0 bridgehead atoms. The molecule has 1 aliphatic carbocycles. The molecule has 1 amide bonds. The number of benzene rings is 1. The first-order valence-electron chi connectivity index (χ1n) is 8.76. The van der Waals surface area contributed by atoms with E-state index >= 15 is 0 Å². The topological polar surface area (TPSA) is 69.2 Å². The van der Waals surface area contributed by atoms with Gasteiger partial charge >= 0.3 is 0 Å². The molecule has 5 nitrogen and oxygen atoms in total. The summed E-state index contributed by atoms with van der Waals surface area (Å²) < 4.78 is 0. The van der Waals surface area contributed by atoms with Gasteiger partial charge in [0.2, 0.25) is 5.91 Å². The zero-order valence-electron chi connectivity index (χ0n) is 14.4. The number of carbonyl (C=O) groups is 1. The van der Waals surface area contributed by atoms with Crippen LogP contribution >= 0.6 is 0 Å². The number of aliphatic hydroxyl groups excluding tert-OH is 1. The number of amides is 1. The highest BCUT2D eigenvalue weighted by Crippen LogP contribution is 2.62. The summed E-state index contributed by atoms with van der Waals surface area (Å²) in [5, 5.41) is 9.81. The zero-order chi connectivity index (χ0) is 16.9. The number of carbonyl (C=O) groups excluding carboxylic acids is 1. The zero-order valence-corrected chi connectivity index (χ0v) is 14.4. The first-order chi connectivity index (χ1) is 11.4. The maximum atomic E-state index is 12.6. The van der Waals surface area contributed by atoms with Gasteiger partial charge < -0.3 is 15.0 Å². The standard InChI is InChI=1S/C19H25N3O2/c1-18(2)10-19(12-23)11-22(9-15(18)19)17(24)8-7-16-20-13-5-3-4-6-14(13)21-16/h3-6,15,23H,7-12H2,1-2H3,(H,20,21)/t15-,19-/m1/s1. The first kappa shape index (κ1) is 15.6. The number of rotatable bonds is 4. The summed E-state index contributed by atoms with van der Waals surface area (Å²) in [4.78, 5) is 22.4. The van der Waals surface area contributed by atoms with E-state index in [9.17, 15) is 9.90 Å². The molecule has 1 aromatic heterocycles. The molecule has 2 aromatic rings. The third-order valence-corrected chi connectivity index (χ3v) is 6.08. The van der Waals surface area contributed by atoms with Crippen molar-refractivity contribution in [1.82, 2.24) is 14.9 Å². The van der Waals surface area contributed by atoms with Crippen LogP contribution in [-0.2, 0) is 11.2 Å². The summed E-state index contributed by atoms with van der Waals surface area (Å²) in [5.41, 5.74) is 2.13. The largest absolute Gasteiger partial charge is 0.396 e. The average Bonchev–Trinajstić information content (AvgIpc) is 3.11. The number of likely N-dealkylation sites (tertiary alicyclic amines) is 1. The Labute approximate surface area is 142 Å². The molecule has 24 heavy (non-hydrogen) atoms. The van der Waals surface area contributed by atoms with Crippen molar-refractivity contribution in [3.05, 3.63) is 30.1 Å². The van der Waals surface area contributed by atoms with Gasteiger partial charge in [-0.2, -0.15) is 0 Å². The number of nitrogens with one attached hydrogen (secondary N) is 1. The molecule has 2 atom stereocenters. The minimum atomic E-state index is -0.0570. The highest BCUT2D eigenvalue weighted by molar-refractivity contribution is 5.78. The minimum absolute atomic E-state index is 0.0570. The fraction of sp³-hybridized carbons (Fsp3) is 0.579. The molecule has 1 aromatic carbocycles. The van der Waals surface area contributed by atoms with Gasteiger partial charge in [-0.05, 0) is 29.9 Å². The molecule has 2 fully saturated rings. The third-order valence-electron chi connectivity index (χ3n) is 6.08. The van der Waals surface area contributed by atoms with Crippen LogP contribution in [0.2, 0.25) is 0 Å². The smallest absolute Gasteiger partial charge is 0.223 e. The van der Waals surface area contributed by atoms with E-state index in [2.05, 4.69) is 23.8 Å². The molecular weight excluding hydrogens is 302 g/mol. The molecule has 1 saturated carbocycles. The second-order valence-electron chi connectivity index (χ2n) is 8.21. The highest BCUT2D eigenvalue weighted by Gasteiger charge is 2.62. The van der Waals surface area contributed by atoms with Crippen LogP contribution in [0.4, 0.5) is 0 Å². The van der Waals surface area contributed by atoms with Gasteiger partial charge in [-0.25, -0.2) is 4.98 Å². The van der Waals surface area contributed by atoms with Gasteiger partial charge in [0.1, 0.15) is 5.82 Å². The van der Waals surface area contributed by atoms with E-state index in [0.29, 0.717) is 25.3 Å². The van der Waals surface area contributed by atoms with E-state index in [-0.39, 0.29) is 23.3 Å². The predicted molar refractivity (Wildman–Crippen MR) is 92.4 cm³/mol. The molecule has 1 saturated heterocycles. The Balaban J connectivity index is 1.40. The van der Waals surface area contributed by atoms with Crippen molar-refractivity contribution in [2.24, 2.45) is 16.7 Å². The molecular formula is C19H25N3O2.